The van der Waals surface area contributed by atoms with Crippen LogP contribution in [0.4, 0.5) is 15.2 Å². The van der Waals surface area contributed by atoms with Gasteiger partial charge in [-0.1, -0.05) is 31.2 Å². The number of aromatic nitrogens is 1. The molecule has 1 atom stereocenters. The minimum atomic E-state index is -0.336. The highest BCUT2D eigenvalue weighted by Crippen LogP contribution is 2.29. The molecule has 0 radical (unpaired) electrons. The number of thiazole rings is 1. The van der Waals surface area contributed by atoms with E-state index in [1.807, 2.05) is 5.38 Å². The van der Waals surface area contributed by atoms with Gasteiger partial charge in [-0.3, -0.25) is 9.69 Å². The Labute approximate surface area is 169 Å². The number of carbonyl (C=O) groups is 1. The molecule has 0 saturated carbocycles. The molecule has 0 spiro atoms. The van der Waals surface area contributed by atoms with Crippen molar-refractivity contribution in [3.05, 3.63) is 76.5 Å². The third-order valence-electron chi connectivity index (χ3n) is 4.61. The van der Waals surface area contributed by atoms with E-state index in [0.29, 0.717) is 17.4 Å². The van der Waals surface area contributed by atoms with Crippen LogP contribution in [0.25, 0.3) is 0 Å². The Morgan fingerprint density at radius 1 is 1.18 bits per heavy atom. The summed E-state index contributed by atoms with van der Waals surface area (Å²) in [5.74, 6) is -0.498. The first-order valence-corrected chi connectivity index (χ1v) is 10.2. The molecule has 2 aromatic carbocycles. The van der Waals surface area contributed by atoms with Gasteiger partial charge in [-0.25, -0.2) is 9.37 Å². The minimum absolute atomic E-state index is 0.162. The summed E-state index contributed by atoms with van der Waals surface area (Å²) >= 11 is 1.40. The smallest absolute Gasteiger partial charge is 0.230 e. The summed E-state index contributed by atoms with van der Waals surface area (Å²) in [6.45, 7) is 6.34. The van der Waals surface area contributed by atoms with Crippen LogP contribution in [-0.4, -0.2) is 10.9 Å². The van der Waals surface area contributed by atoms with Crippen LogP contribution in [0.3, 0.4) is 0 Å². The van der Waals surface area contributed by atoms with E-state index in [9.17, 15) is 9.18 Å². The summed E-state index contributed by atoms with van der Waals surface area (Å²) in [5.41, 5.74) is 4.02. The van der Waals surface area contributed by atoms with Crippen LogP contribution in [0.5, 0.6) is 0 Å². The zero-order valence-corrected chi connectivity index (χ0v) is 17.1. The van der Waals surface area contributed by atoms with Crippen LogP contribution in [0.15, 0.2) is 53.9 Å². The number of halogens is 1. The van der Waals surface area contributed by atoms with Crippen LogP contribution < -0.4 is 10.2 Å². The van der Waals surface area contributed by atoms with Crippen molar-refractivity contribution in [2.75, 3.05) is 4.90 Å². The van der Waals surface area contributed by atoms with Crippen LogP contribution in [0.1, 0.15) is 43.6 Å². The molecule has 0 aliphatic rings. The van der Waals surface area contributed by atoms with Crippen molar-refractivity contribution in [1.29, 1.82) is 0 Å². The fourth-order valence-corrected chi connectivity index (χ4v) is 3.80. The van der Waals surface area contributed by atoms with E-state index in [4.69, 9.17) is 0 Å². The first-order chi connectivity index (χ1) is 13.5. The average Bonchev–Trinajstić information content (AvgIpc) is 3.16. The lowest BCUT2D eigenvalue weighted by Gasteiger charge is -2.18. The maximum Gasteiger partial charge on any atom is 0.230 e. The molecule has 3 aromatic rings. The first kappa shape index (κ1) is 20.2. The molecule has 1 N–H and O–H groups in total. The number of anilines is 2. The van der Waals surface area contributed by atoms with Gasteiger partial charge in [0.15, 0.2) is 5.13 Å². The maximum absolute atomic E-state index is 13.2. The van der Waals surface area contributed by atoms with Gasteiger partial charge in [-0.15, -0.1) is 11.3 Å². The van der Waals surface area contributed by atoms with Crippen LogP contribution in [0, 0.1) is 5.82 Å². The molecule has 6 heteroatoms. The largest absolute Gasteiger partial charge is 0.305 e. The lowest BCUT2D eigenvalue weighted by molar-refractivity contribution is -0.115. The van der Waals surface area contributed by atoms with Gasteiger partial charge in [-0.05, 0) is 48.7 Å². The summed E-state index contributed by atoms with van der Waals surface area (Å²) in [7, 11) is 0. The van der Waals surface area contributed by atoms with Crippen LogP contribution >= 0.6 is 11.3 Å². The molecule has 1 unspecified atom stereocenters. The van der Waals surface area contributed by atoms with Crippen molar-refractivity contribution < 1.29 is 9.18 Å². The normalized spacial score (nSPS) is 12.0. The fraction of sp³-hybridized carbons (Fsp3) is 0.273. The van der Waals surface area contributed by atoms with Gasteiger partial charge in [0, 0.05) is 24.9 Å². The summed E-state index contributed by atoms with van der Waals surface area (Å²) in [4.78, 5) is 18.2. The second kappa shape index (κ2) is 9.08. The quantitative estimate of drug-likeness (QED) is 0.582. The molecule has 0 fully saturated rings. The summed E-state index contributed by atoms with van der Waals surface area (Å²) < 4.78 is 13.2. The Balaban J connectivity index is 1.68. The van der Waals surface area contributed by atoms with E-state index >= 15 is 0 Å². The molecule has 1 heterocycles. The summed E-state index contributed by atoms with van der Waals surface area (Å²) in [6.07, 6.45) is 1.03. The highest BCUT2D eigenvalue weighted by molar-refractivity contribution is 7.14. The first-order valence-electron chi connectivity index (χ1n) is 9.30. The van der Waals surface area contributed by atoms with E-state index in [1.165, 1.54) is 46.4 Å². The third kappa shape index (κ3) is 4.82. The molecular weight excluding hydrogens is 373 g/mol. The Hall–Kier alpha value is -2.57. The molecule has 4 nitrogen and oxygen atoms in total. The number of carbonyl (C=O) groups excluding carboxylic acids is 1. The molecule has 1 amide bonds. The molecule has 28 heavy (non-hydrogen) atoms. The van der Waals surface area contributed by atoms with Gasteiger partial charge in [0.25, 0.3) is 0 Å². The molecular formula is C22H24FN3OS. The van der Waals surface area contributed by atoms with Crippen LogP contribution in [0.2, 0.25) is 0 Å². The SMILES string of the molecule is CCc1ccc(C(C)NCc2csc(N(C(C)=O)c3ccc(F)cc3)n2)cc1. The maximum atomic E-state index is 13.2. The van der Waals surface area contributed by atoms with Crippen molar-refractivity contribution in [2.45, 2.75) is 39.8 Å². The van der Waals surface area contributed by atoms with E-state index in [-0.39, 0.29) is 17.8 Å². The zero-order valence-electron chi connectivity index (χ0n) is 16.3. The fourth-order valence-electron chi connectivity index (χ4n) is 2.91. The molecule has 0 aliphatic heterocycles. The second-order valence-corrected chi connectivity index (χ2v) is 7.49. The van der Waals surface area contributed by atoms with E-state index < -0.39 is 0 Å². The predicted molar refractivity (Wildman–Crippen MR) is 112 cm³/mol. The Morgan fingerprint density at radius 3 is 2.46 bits per heavy atom. The van der Waals surface area contributed by atoms with Crippen molar-refractivity contribution in [3.63, 3.8) is 0 Å². The number of hydrogen-bond donors (Lipinski definition) is 1. The van der Waals surface area contributed by atoms with Gasteiger partial charge >= 0.3 is 0 Å². The number of nitrogens with one attached hydrogen (secondary N) is 1. The van der Waals surface area contributed by atoms with Gasteiger partial charge in [0.05, 0.1) is 11.4 Å². The van der Waals surface area contributed by atoms with Gasteiger partial charge in [0.2, 0.25) is 5.91 Å². The average molecular weight is 398 g/mol. The number of rotatable bonds is 7. The molecule has 146 valence electrons. The predicted octanol–water partition coefficient (Wildman–Crippen LogP) is 5.38. The van der Waals surface area contributed by atoms with Crippen molar-refractivity contribution in [1.82, 2.24) is 10.3 Å². The lowest BCUT2D eigenvalue weighted by atomic mass is 10.1. The number of aryl methyl sites for hydroxylation is 1. The van der Waals surface area contributed by atoms with Crippen LogP contribution in [-0.2, 0) is 17.8 Å². The van der Waals surface area contributed by atoms with Crippen molar-refractivity contribution >= 4 is 28.1 Å². The van der Waals surface area contributed by atoms with Gasteiger partial charge < -0.3 is 5.32 Å². The number of benzene rings is 2. The van der Waals surface area contributed by atoms with Crippen molar-refractivity contribution in [2.24, 2.45) is 0 Å². The Kier molecular flexibility index (Phi) is 6.54. The lowest BCUT2D eigenvalue weighted by Crippen LogP contribution is -2.23. The Morgan fingerprint density at radius 2 is 1.86 bits per heavy atom. The monoisotopic (exact) mass is 397 g/mol. The van der Waals surface area contributed by atoms with E-state index in [2.05, 4.69) is 48.4 Å². The highest BCUT2D eigenvalue weighted by Gasteiger charge is 2.18. The number of hydrogen-bond acceptors (Lipinski definition) is 4. The zero-order chi connectivity index (χ0) is 20.1. The third-order valence-corrected chi connectivity index (χ3v) is 5.48. The Bertz CT molecular complexity index is 922. The molecule has 1 aromatic heterocycles. The molecule has 0 aliphatic carbocycles. The number of nitrogens with zero attached hydrogens (tertiary/aromatic N) is 2. The number of amides is 1. The summed E-state index contributed by atoms with van der Waals surface area (Å²) in [6, 6.07) is 14.6. The highest BCUT2D eigenvalue weighted by atomic mass is 32.1. The van der Waals surface area contributed by atoms with Gasteiger partial charge in [-0.2, -0.15) is 0 Å². The summed E-state index contributed by atoms with van der Waals surface area (Å²) in [5, 5.41) is 5.99. The molecule has 3 rings (SSSR count). The standard InChI is InChI=1S/C22H24FN3OS/c1-4-17-5-7-18(8-6-17)15(2)24-13-20-14-28-22(25-20)26(16(3)27)21-11-9-19(23)10-12-21/h5-12,14-15,24H,4,13H2,1-3H3. The second-order valence-electron chi connectivity index (χ2n) is 6.65. The molecule has 0 bridgehead atoms. The van der Waals surface area contributed by atoms with E-state index in [1.54, 1.807) is 12.1 Å². The van der Waals surface area contributed by atoms with Crippen molar-refractivity contribution in [3.8, 4) is 0 Å². The minimum Gasteiger partial charge on any atom is -0.305 e. The molecule has 0 saturated heterocycles. The van der Waals surface area contributed by atoms with E-state index in [0.717, 1.165) is 12.1 Å². The topological polar surface area (TPSA) is 45.2 Å². The van der Waals surface area contributed by atoms with Gasteiger partial charge in [0.1, 0.15) is 5.82 Å².